The third-order valence-corrected chi connectivity index (χ3v) is 4.58. The van der Waals surface area contributed by atoms with E-state index in [9.17, 15) is 4.79 Å². The van der Waals surface area contributed by atoms with Crippen LogP contribution in [0.2, 0.25) is 0 Å². The Morgan fingerprint density at radius 3 is 2.23 bits per heavy atom. The third-order valence-electron chi connectivity index (χ3n) is 4.58. The lowest BCUT2D eigenvalue weighted by Gasteiger charge is -2.35. The van der Waals surface area contributed by atoms with E-state index in [0.29, 0.717) is 12.5 Å². The van der Waals surface area contributed by atoms with Gasteiger partial charge in [-0.15, -0.1) is 12.4 Å². The number of amides is 1. The van der Waals surface area contributed by atoms with Gasteiger partial charge in [-0.25, -0.2) is 0 Å². The van der Waals surface area contributed by atoms with Gasteiger partial charge in [0.1, 0.15) is 0 Å². The van der Waals surface area contributed by atoms with Crippen molar-refractivity contribution in [2.45, 2.75) is 64.0 Å². The van der Waals surface area contributed by atoms with Gasteiger partial charge >= 0.3 is 0 Å². The molecule has 3 nitrogen and oxygen atoms in total. The van der Waals surface area contributed by atoms with Crippen LogP contribution in [0.25, 0.3) is 0 Å². The molecule has 1 aliphatic rings. The fourth-order valence-electron chi connectivity index (χ4n) is 3.13. The zero-order valence-electron chi connectivity index (χ0n) is 14.0. The molecular weight excluding hydrogens is 296 g/mol. The van der Waals surface area contributed by atoms with Crippen LogP contribution >= 0.6 is 12.4 Å². The van der Waals surface area contributed by atoms with E-state index in [2.05, 4.69) is 38.1 Å². The van der Waals surface area contributed by atoms with Gasteiger partial charge in [0.05, 0.1) is 5.54 Å². The summed E-state index contributed by atoms with van der Waals surface area (Å²) in [6.45, 7) is 5.01. The Bertz CT molecular complexity index is 478. The average Bonchev–Trinajstić information content (AvgIpc) is 2.47. The van der Waals surface area contributed by atoms with Crippen LogP contribution in [0.3, 0.4) is 0 Å². The molecule has 2 N–H and O–H groups in total. The van der Waals surface area contributed by atoms with Crippen LogP contribution in [0.1, 0.15) is 63.0 Å². The van der Waals surface area contributed by atoms with Crippen molar-refractivity contribution in [3.63, 3.8) is 0 Å². The molecule has 1 aliphatic carbocycles. The molecule has 124 valence electrons. The molecule has 22 heavy (non-hydrogen) atoms. The molecular formula is C18H29ClN2O. The summed E-state index contributed by atoms with van der Waals surface area (Å²) < 4.78 is 0. The van der Waals surface area contributed by atoms with Crippen molar-refractivity contribution in [2.24, 2.45) is 5.73 Å². The Labute approximate surface area is 140 Å². The second kappa shape index (κ2) is 7.98. The maximum absolute atomic E-state index is 12.6. The van der Waals surface area contributed by atoms with Gasteiger partial charge in [0.25, 0.3) is 0 Å². The first-order valence-electron chi connectivity index (χ1n) is 8.06. The summed E-state index contributed by atoms with van der Waals surface area (Å²) in [6.07, 6.45) is 4.98. The van der Waals surface area contributed by atoms with Crippen molar-refractivity contribution in [3.05, 3.63) is 35.4 Å². The lowest BCUT2D eigenvalue weighted by molar-refractivity contribution is -0.137. The summed E-state index contributed by atoms with van der Waals surface area (Å²) in [5.41, 5.74) is 8.19. The summed E-state index contributed by atoms with van der Waals surface area (Å²) in [5.74, 6) is 0.628. The van der Waals surface area contributed by atoms with Crippen molar-refractivity contribution in [2.75, 3.05) is 7.05 Å². The van der Waals surface area contributed by atoms with Crippen LogP contribution in [0.5, 0.6) is 0 Å². The van der Waals surface area contributed by atoms with E-state index in [1.54, 1.807) is 4.90 Å². The molecule has 2 rings (SSSR count). The van der Waals surface area contributed by atoms with Crippen molar-refractivity contribution in [1.82, 2.24) is 4.90 Å². The quantitative estimate of drug-likeness (QED) is 0.914. The van der Waals surface area contributed by atoms with E-state index in [-0.39, 0.29) is 18.3 Å². The number of benzene rings is 1. The molecule has 1 aromatic carbocycles. The normalized spacial score (nSPS) is 17.0. The second-order valence-corrected chi connectivity index (χ2v) is 6.77. The van der Waals surface area contributed by atoms with E-state index >= 15 is 0 Å². The molecule has 0 bridgehead atoms. The fraction of sp³-hybridized carbons (Fsp3) is 0.611. The van der Waals surface area contributed by atoms with Gasteiger partial charge in [-0.2, -0.15) is 0 Å². The topological polar surface area (TPSA) is 46.3 Å². The number of nitrogens with zero attached hydrogens (tertiary/aromatic N) is 1. The summed E-state index contributed by atoms with van der Waals surface area (Å²) in [6, 6.07) is 8.53. The van der Waals surface area contributed by atoms with Crippen LogP contribution in [-0.4, -0.2) is 23.4 Å². The van der Waals surface area contributed by atoms with Crippen LogP contribution in [0.4, 0.5) is 0 Å². The van der Waals surface area contributed by atoms with E-state index in [0.717, 1.165) is 31.2 Å². The molecule has 1 aromatic rings. The van der Waals surface area contributed by atoms with Crippen molar-refractivity contribution in [1.29, 1.82) is 0 Å². The molecule has 0 aromatic heterocycles. The number of hydrogen-bond acceptors (Lipinski definition) is 2. The Morgan fingerprint density at radius 1 is 1.18 bits per heavy atom. The van der Waals surface area contributed by atoms with Crippen LogP contribution in [0, 0.1) is 0 Å². The fourth-order valence-corrected chi connectivity index (χ4v) is 3.13. The number of nitrogens with two attached hydrogens (primary N) is 1. The maximum atomic E-state index is 12.6. The largest absolute Gasteiger partial charge is 0.340 e. The summed E-state index contributed by atoms with van der Waals surface area (Å²) in [7, 11) is 1.86. The van der Waals surface area contributed by atoms with Gasteiger partial charge in [-0.1, -0.05) is 57.4 Å². The second-order valence-electron chi connectivity index (χ2n) is 6.77. The van der Waals surface area contributed by atoms with Crippen LogP contribution < -0.4 is 5.73 Å². The van der Waals surface area contributed by atoms with Crippen LogP contribution in [-0.2, 0) is 11.3 Å². The lowest BCUT2D eigenvalue weighted by Crippen LogP contribution is -2.55. The van der Waals surface area contributed by atoms with Gasteiger partial charge in [0.2, 0.25) is 5.91 Å². The van der Waals surface area contributed by atoms with Gasteiger partial charge < -0.3 is 10.6 Å². The minimum Gasteiger partial charge on any atom is -0.340 e. The monoisotopic (exact) mass is 324 g/mol. The number of carbonyl (C=O) groups is 1. The summed E-state index contributed by atoms with van der Waals surface area (Å²) in [4.78, 5) is 14.4. The van der Waals surface area contributed by atoms with Crippen molar-refractivity contribution in [3.8, 4) is 0 Å². The zero-order valence-corrected chi connectivity index (χ0v) is 14.8. The number of hydrogen-bond donors (Lipinski definition) is 1. The van der Waals surface area contributed by atoms with Crippen molar-refractivity contribution < 1.29 is 4.79 Å². The maximum Gasteiger partial charge on any atom is 0.242 e. The van der Waals surface area contributed by atoms with Gasteiger partial charge in [0, 0.05) is 13.6 Å². The predicted octanol–water partition coefficient (Wildman–Crippen LogP) is 3.85. The molecule has 1 fully saturated rings. The van der Waals surface area contributed by atoms with Crippen LogP contribution in [0.15, 0.2) is 24.3 Å². The predicted molar refractivity (Wildman–Crippen MR) is 94.3 cm³/mol. The highest BCUT2D eigenvalue weighted by Gasteiger charge is 2.37. The standard InChI is InChI=1S/C18H28N2O.ClH/c1-14(2)16-9-7-15(8-10-16)13-20(3)17(21)18(19)11-5-4-6-12-18;/h7-10,14H,4-6,11-13,19H2,1-3H3;1H. The molecule has 1 saturated carbocycles. The smallest absolute Gasteiger partial charge is 0.242 e. The average molecular weight is 325 g/mol. The highest BCUT2D eigenvalue weighted by atomic mass is 35.5. The first-order chi connectivity index (χ1) is 9.92. The minimum atomic E-state index is -0.634. The number of carbonyl (C=O) groups excluding carboxylic acids is 1. The summed E-state index contributed by atoms with van der Waals surface area (Å²) >= 11 is 0. The highest BCUT2D eigenvalue weighted by Crippen LogP contribution is 2.28. The SMILES string of the molecule is CC(C)c1ccc(CN(C)C(=O)C2(N)CCCCC2)cc1.Cl. The number of likely N-dealkylation sites (N-methyl/N-ethyl adjacent to an activating group) is 1. The highest BCUT2D eigenvalue weighted by molar-refractivity contribution is 5.86. The van der Waals surface area contributed by atoms with E-state index in [1.807, 2.05) is 7.05 Å². The Balaban J connectivity index is 0.00000242. The zero-order chi connectivity index (χ0) is 15.5. The van der Waals surface area contributed by atoms with Gasteiger partial charge in [-0.3, -0.25) is 4.79 Å². The van der Waals surface area contributed by atoms with Crippen molar-refractivity contribution >= 4 is 18.3 Å². The summed E-state index contributed by atoms with van der Waals surface area (Å²) in [5, 5.41) is 0. The number of halogens is 1. The van der Waals surface area contributed by atoms with Gasteiger partial charge in [-0.05, 0) is 29.9 Å². The molecule has 0 spiro atoms. The number of rotatable bonds is 4. The third kappa shape index (κ3) is 4.47. The van der Waals surface area contributed by atoms with E-state index in [1.165, 1.54) is 12.0 Å². The minimum absolute atomic E-state index is 0. The Kier molecular flexibility index (Phi) is 6.89. The van der Waals surface area contributed by atoms with E-state index < -0.39 is 5.54 Å². The molecule has 1 amide bonds. The molecule has 0 aliphatic heterocycles. The van der Waals surface area contributed by atoms with E-state index in [4.69, 9.17) is 5.73 Å². The van der Waals surface area contributed by atoms with Gasteiger partial charge in [0.15, 0.2) is 0 Å². The Hall–Kier alpha value is -1.06. The molecule has 0 heterocycles. The Morgan fingerprint density at radius 2 is 1.73 bits per heavy atom. The molecule has 0 radical (unpaired) electrons. The molecule has 0 saturated heterocycles. The molecule has 4 heteroatoms. The first kappa shape index (κ1) is 19.0. The lowest BCUT2D eigenvalue weighted by atomic mass is 9.81. The first-order valence-corrected chi connectivity index (χ1v) is 8.06. The molecule has 0 unspecified atom stereocenters. The molecule has 0 atom stereocenters.